The number of likely N-dealkylation sites (N-methyl/N-ethyl adjacent to an activating group) is 1. The first-order chi connectivity index (χ1) is 12.1. The number of carbonyl (C=O) groups is 1. The van der Waals surface area contributed by atoms with Crippen molar-refractivity contribution < 1.29 is 9.90 Å². The van der Waals surface area contributed by atoms with E-state index in [2.05, 4.69) is 24.3 Å². The largest absolute Gasteiger partial charge is 0.465 e. The molecule has 128 valence electrons. The van der Waals surface area contributed by atoms with Crippen molar-refractivity contribution in [3.63, 3.8) is 0 Å². The number of hydrogen-bond acceptors (Lipinski definition) is 2. The summed E-state index contributed by atoms with van der Waals surface area (Å²) in [6, 6.07) is 23.9. The minimum Gasteiger partial charge on any atom is -0.465 e. The van der Waals surface area contributed by atoms with Crippen LogP contribution in [0, 0.1) is 0 Å². The van der Waals surface area contributed by atoms with Gasteiger partial charge in [0.05, 0.1) is 0 Å². The van der Waals surface area contributed by atoms with Crippen LogP contribution in [0.2, 0.25) is 0 Å². The predicted molar refractivity (Wildman–Crippen MR) is 101 cm³/mol. The van der Waals surface area contributed by atoms with Crippen LogP contribution >= 0.6 is 0 Å². The van der Waals surface area contributed by atoms with Gasteiger partial charge in [-0.25, -0.2) is 4.79 Å². The zero-order valence-electron chi connectivity index (χ0n) is 14.2. The predicted octanol–water partition coefficient (Wildman–Crippen LogP) is 4.23. The maximum Gasteiger partial charge on any atom is 0.407 e. The molecule has 0 saturated heterocycles. The Kier molecular flexibility index (Phi) is 5.00. The molecule has 0 heterocycles. The molecule has 0 unspecified atom stereocenters. The molecule has 4 heteroatoms. The van der Waals surface area contributed by atoms with Crippen molar-refractivity contribution in [1.82, 2.24) is 4.90 Å². The lowest BCUT2D eigenvalue weighted by Crippen LogP contribution is -2.34. The molecule has 0 bridgehead atoms. The second-order valence-electron chi connectivity index (χ2n) is 6.31. The van der Waals surface area contributed by atoms with E-state index >= 15 is 0 Å². The summed E-state index contributed by atoms with van der Waals surface area (Å²) in [5.74, 6) is -0.131. The van der Waals surface area contributed by atoms with Crippen LogP contribution in [-0.2, 0) is 0 Å². The van der Waals surface area contributed by atoms with Crippen molar-refractivity contribution >= 4 is 16.9 Å². The monoisotopic (exact) mass is 334 g/mol. The van der Waals surface area contributed by atoms with Crippen LogP contribution in [0.3, 0.4) is 0 Å². The zero-order chi connectivity index (χ0) is 17.8. The summed E-state index contributed by atoms with van der Waals surface area (Å²) in [6.07, 6.45) is -0.953. The van der Waals surface area contributed by atoms with Gasteiger partial charge in [0.25, 0.3) is 0 Å². The van der Waals surface area contributed by atoms with Gasteiger partial charge in [0.1, 0.15) is 0 Å². The number of nitrogens with two attached hydrogens (primary N) is 1. The van der Waals surface area contributed by atoms with Gasteiger partial charge >= 0.3 is 6.09 Å². The number of amides is 1. The fraction of sp³-hybridized carbons (Fsp3) is 0.190. The van der Waals surface area contributed by atoms with E-state index in [0.717, 1.165) is 21.9 Å². The number of nitrogens with zero attached hydrogens (tertiary/aromatic N) is 1. The third kappa shape index (κ3) is 3.80. The Balaban J connectivity index is 2.00. The van der Waals surface area contributed by atoms with Crippen molar-refractivity contribution in [1.29, 1.82) is 0 Å². The Morgan fingerprint density at radius 1 is 0.960 bits per heavy atom. The average Bonchev–Trinajstić information content (AvgIpc) is 2.65. The third-order valence-electron chi connectivity index (χ3n) is 4.62. The van der Waals surface area contributed by atoms with Gasteiger partial charge in [-0.05, 0) is 21.9 Å². The Morgan fingerprint density at radius 3 is 2.28 bits per heavy atom. The summed E-state index contributed by atoms with van der Waals surface area (Å²) in [4.78, 5) is 12.6. The summed E-state index contributed by atoms with van der Waals surface area (Å²) < 4.78 is 0. The Labute approximate surface area is 147 Å². The second kappa shape index (κ2) is 7.36. The first kappa shape index (κ1) is 17.0. The summed E-state index contributed by atoms with van der Waals surface area (Å²) >= 11 is 0. The molecule has 25 heavy (non-hydrogen) atoms. The van der Waals surface area contributed by atoms with Crippen LogP contribution in [0.4, 0.5) is 4.79 Å². The van der Waals surface area contributed by atoms with Gasteiger partial charge < -0.3 is 15.7 Å². The van der Waals surface area contributed by atoms with E-state index in [9.17, 15) is 9.90 Å². The van der Waals surface area contributed by atoms with Crippen molar-refractivity contribution in [2.75, 3.05) is 13.6 Å². The van der Waals surface area contributed by atoms with E-state index in [0.29, 0.717) is 6.54 Å². The van der Waals surface area contributed by atoms with Gasteiger partial charge in [-0.15, -0.1) is 0 Å². The number of rotatable bonds is 5. The molecular weight excluding hydrogens is 312 g/mol. The van der Waals surface area contributed by atoms with E-state index in [1.54, 1.807) is 7.05 Å². The standard InChI is InChI=1S/C21H22N2O2/c1-23(21(24)25)14-19(20(22)16-8-3-2-4-9-16)18-12-11-15-7-5-6-10-17(15)13-18/h2-13,19-20H,14,22H2,1H3,(H,24,25)/t19-,20+/m0/s1. The number of hydrogen-bond donors (Lipinski definition) is 2. The van der Waals surface area contributed by atoms with Gasteiger partial charge in [0.2, 0.25) is 0 Å². The van der Waals surface area contributed by atoms with Gasteiger partial charge in [-0.1, -0.05) is 72.8 Å². The summed E-state index contributed by atoms with van der Waals surface area (Å²) in [5.41, 5.74) is 8.59. The molecule has 0 spiro atoms. The first-order valence-electron chi connectivity index (χ1n) is 8.29. The first-order valence-corrected chi connectivity index (χ1v) is 8.29. The Bertz CT molecular complexity index is 864. The second-order valence-corrected chi connectivity index (χ2v) is 6.31. The van der Waals surface area contributed by atoms with E-state index in [-0.39, 0.29) is 12.0 Å². The lowest BCUT2D eigenvalue weighted by molar-refractivity contribution is 0.152. The maximum absolute atomic E-state index is 11.3. The Morgan fingerprint density at radius 2 is 1.60 bits per heavy atom. The van der Waals surface area contributed by atoms with Crippen LogP contribution in [0.15, 0.2) is 72.8 Å². The third-order valence-corrected chi connectivity index (χ3v) is 4.62. The minimum absolute atomic E-state index is 0.131. The molecule has 4 nitrogen and oxygen atoms in total. The van der Waals surface area contributed by atoms with Gasteiger partial charge in [0.15, 0.2) is 0 Å². The summed E-state index contributed by atoms with van der Waals surface area (Å²) in [6.45, 7) is 0.337. The molecule has 3 aromatic carbocycles. The fourth-order valence-electron chi connectivity index (χ4n) is 3.15. The van der Waals surface area contributed by atoms with E-state index in [1.165, 1.54) is 4.90 Å². The van der Waals surface area contributed by atoms with E-state index in [1.807, 2.05) is 48.5 Å². The highest BCUT2D eigenvalue weighted by molar-refractivity contribution is 5.83. The maximum atomic E-state index is 11.3. The van der Waals surface area contributed by atoms with Gasteiger partial charge in [0, 0.05) is 25.6 Å². The highest BCUT2D eigenvalue weighted by Gasteiger charge is 2.24. The molecule has 1 amide bonds. The molecule has 0 saturated carbocycles. The molecule has 3 aromatic rings. The topological polar surface area (TPSA) is 66.6 Å². The summed E-state index contributed by atoms with van der Waals surface area (Å²) in [7, 11) is 1.58. The molecule has 0 aliphatic heterocycles. The van der Waals surface area contributed by atoms with Crippen molar-refractivity contribution in [3.05, 3.63) is 83.9 Å². The number of carboxylic acid groups (broad SMARTS) is 1. The number of fused-ring (bicyclic) bond motifs is 1. The normalized spacial score (nSPS) is 13.4. The smallest absolute Gasteiger partial charge is 0.407 e. The zero-order valence-corrected chi connectivity index (χ0v) is 14.2. The van der Waals surface area contributed by atoms with Crippen LogP contribution in [-0.4, -0.2) is 29.7 Å². The molecule has 0 radical (unpaired) electrons. The molecule has 2 atom stereocenters. The molecule has 0 aliphatic carbocycles. The number of benzene rings is 3. The highest BCUT2D eigenvalue weighted by Crippen LogP contribution is 2.31. The summed E-state index contributed by atoms with van der Waals surface area (Å²) in [5, 5.41) is 11.6. The van der Waals surface area contributed by atoms with Crippen molar-refractivity contribution in [3.8, 4) is 0 Å². The fourth-order valence-corrected chi connectivity index (χ4v) is 3.15. The van der Waals surface area contributed by atoms with Crippen molar-refractivity contribution in [2.24, 2.45) is 5.73 Å². The SMILES string of the molecule is CN(C[C@@H](c1ccc2ccccc2c1)[C@H](N)c1ccccc1)C(=O)O. The highest BCUT2D eigenvalue weighted by atomic mass is 16.4. The molecular formula is C21H22N2O2. The lowest BCUT2D eigenvalue weighted by Gasteiger charge is -2.28. The molecule has 3 rings (SSSR count). The van der Waals surface area contributed by atoms with Crippen LogP contribution < -0.4 is 5.73 Å². The minimum atomic E-state index is -0.953. The van der Waals surface area contributed by atoms with Gasteiger partial charge in [-0.2, -0.15) is 0 Å². The average molecular weight is 334 g/mol. The molecule has 3 N–H and O–H groups in total. The van der Waals surface area contributed by atoms with E-state index in [4.69, 9.17) is 5.73 Å². The van der Waals surface area contributed by atoms with Crippen LogP contribution in [0.5, 0.6) is 0 Å². The van der Waals surface area contributed by atoms with Gasteiger partial charge in [-0.3, -0.25) is 0 Å². The van der Waals surface area contributed by atoms with Crippen LogP contribution in [0.1, 0.15) is 23.1 Å². The molecule has 0 aliphatic rings. The van der Waals surface area contributed by atoms with Crippen molar-refractivity contribution in [2.45, 2.75) is 12.0 Å². The molecule has 0 fully saturated rings. The van der Waals surface area contributed by atoms with E-state index < -0.39 is 6.09 Å². The Hall–Kier alpha value is -2.85. The van der Waals surface area contributed by atoms with Crippen LogP contribution in [0.25, 0.3) is 10.8 Å². The molecule has 0 aromatic heterocycles. The quantitative estimate of drug-likeness (QED) is 0.733. The lowest BCUT2D eigenvalue weighted by atomic mass is 9.86.